The third-order valence-corrected chi connectivity index (χ3v) is 14.1. The van der Waals surface area contributed by atoms with Crippen LogP contribution in [0, 0.1) is 17.8 Å². The molecule has 2 aliphatic heterocycles. The van der Waals surface area contributed by atoms with Gasteiger partial charge in [-0.1, -0.05) is 26.0 Å². The molecule has 14 nitrogen and oxygen atoms in total. The number of pyridine rings is 1. The first-order chi connectivity index (χ1) is 27.1. The van der Waals surface area contributed by atoms with Crippen molar-refractivity contribution in [2.24, 2.45) is 17.8 Å². The molecule has 4 N–H and O–H groups in total. The highest BCUT2D eigenvalue weighted by Gasteiger charge is 2.63. The molecule has 2 aliphatic carbocycles. The van der Waals surface area contributed by atoms with E-state index in [-0.39, 0.29) is 31.2 Å². The smallest absolute Gasteiger partial charge is 0.411 e. The summed E-state index contributed by atoms with van der Waals surface area (Å²) in [7, 11) is -4.07. The van der Waals surface area contributed by atoms with Gasteiger partial charge in [0.25, 0.3) is 5.91 Å². The van der Waals surface area contributed by atoms with Gasteiger partial charge in [-0.25, -0.2) is 18.2 Å². The fourth-order valence-corrected chi connectivity index (χ4v) is 9.08. The molecular weight excluding hydrogens is 782 g/mol. The van der Waals surface area contributed by atoms with Gasteiger partial charge in [-0.2, -0.15) is 13.2 Å². The number of benzene rings is 1. The number of ether oxygens (including phenoxy) is 2. The molecule has 4 aliphatic rings. The van der Waals surface area contributed by atoms with Crippen molar-refractivity contribution in [3.8, 4) is 11.6 Å². The average Bonchev–Trinajstić information content (AvgIpc) is 4.01. The minimum absolute atomic E-state index is 0.0147. The molecule has 7 atom stereocenters. The maximum absolute atomic E-state index is 14.8. The normalized spacial score (nSPS) is 29.4. The van der Waals surface area contributed by atoms with Gasteiger partial charge in [0.1, 0.15) is 35.0 Å². The van der Waals surface area contributed by atoms with Crippen molar-refractivity contribution < 1.29 is 50.2 Å². The molecule has 18 heteroatoms. The number of carbonyl (C=O) groups excluding carboxylic acids is 4. The number of aromatic nitrogens is 1. The lowest BCUT2D eigenvalue weighted by atomic mass is 9.88. The Morgan fingerprint density at radius 1 is 1.10 bits per heavy atom. The van der Waals surface area contributed by atoms with Gasteiger partial charge < -0.3 is 30.3 Å². The molecule has 0 bridgehead atoms. The standard InChI is InChI=1S/C40H53F3N6O8S/c1-7-56-27-12-13-29-25(19-27)14-17-44-33(29)57-28-20-30-32(50)46-39(35(52)48-58(54,55)38(6)15-16-38)21-26(39)11-9-8-10-23(2)18-24(3)31(34(51)49(30)22-28)45-36(53)47-37(4,5)40(41,42)43/h9,11-14,17,19,23-24,26,28,30-31H,7-8,10,15-16,18,20-22H2,1-6H3,(H,46,50)(H,48,52)(H2,45,47,53)/b11-9-/t23-,24+,26+,28+,30-,31-,39+/m0/s1. The van der Waals surface area contributed by atoms with E-state index < -0.39 is 85.8 Å². The minimum atomic E-state index is -4.80. The number of sulfonamides is 1. The van der Waals surface area contributed by atoms with Crippen LogP contribution in [0.2, 0.25) is 0 Å². The van der Waals surface area contributed by atoms with Crippen LogP contribution in [0.5, 0.6) is 11.6 Å². The lowest BCUT2D eigenvalue weighted by Gasteiger charge is -2.34. The van der Waals surface area contributed by atoms with Crippen LogP contribution in [-0.2, 0) is 24.4 Å². The molecule has 3 heterocycles. The van der Waals surface area contributed by atoms with Gasteiger partial charge in [-0.15, -0.1) is 0 Å². The van der Waals surface area contributed by atoms with Gasteiger partial charge in [0.15, 0.2) is 0 Å². The second kappa shape index (κ2) is 15.9. The number of urea groups is 1. The molecule has 5 amide bonds. The summed E-state index contributed by atoms with van der Waals surface area (Å²) in [5.41, 5.74) is -4.26. The number of allylic oxidation sites excluding steroid dienone is 1. The minimum Gasteiger partial charge on any atom is -0.494 e. The summed E-state index contributed by atoms with van der Waals surface area (Å²) in [5.74, 6) is -2.67. The first-order valence-corrected chi connectivity index (χ1v) is 21.3. The maximum Gasteiger partial charge on any atom is 0.411 e. The van der Waals surface area contributed by atoms with E-state index in [1.807, 2.05) is 31.3 Å². The van der Waals surface area contributed by atoms with E-state index >= 15 is 0 Å². The number of amides is 5. The fraction of sp³-hybridized carbons (Fsp3) is 0.625. The largest absolute Gasteiger partial charge is 0.494 e. The number of alkyl halides is 3. The first kappa shape index (κ1) is 43.0. The zero-order chi connectivity index (χ0) is 42.4. The SMILES string of the molecule is CCOc1ccc2c(O[C@@H]3C[C@H]4C(=O)N[C@]5(C(=O)NS(=O)(=O)C6(C)CC6)C[C@H]5/C=C\CC[C@H](C)C[C@@H](C)[C@H](NC(=O)NC(C)(C)C(F)(F)F)C(=O)N4C3)nccc2c1. The van der Waals surface area contributed by atoms with E-state index in [1.54, 1.807) is 44.3 Å². The molecule has 1 aromatic heterocycles. The van der Waals surface area contributed by atoms with Gasteiger partial charge in [-0.3, -0.25) is 19.1 Å². The Bertz CT molecular complexity index is 2080. The Morgan fingerprint density at radius 3 is 2.50 bits per heavy atom. The lowest BCUT2D eigenvalue weighted by Crippen LogP contribution is -2.62. The third-order valence-electron chi connectivity index (χ3n) is 12.0. The quantitative estimate of drug-likeness (QED) is 0.256. The number of hydrogen-bond acceptors (Lipinski definition) is 9. The predicted molar refractivity (Wildman–Crippen MR) is 208 cm³/mol. The van der Waals surface area contributed by atoms with E-state index in [1.165, 1.54) is 4.90 Å². The van der Waals surface area contributed by atoms with Crippen LogP contribution in [0.25, 0.3) is 10.8 Å². The number of carbonyl (C=O) groups is 4. The summed E-state index contributed by atoms with van der Waals surface area (Å²) in [4.78, 5) is 62.1. The molecule has 318 valence electrons. The summed E-state index contributed by atoms with van der Waals surface area (Å²) in [6, 6.07) is 3.25. The second-order valence-electron chi connectivity index (χ2n) is 17.1. The molecule has 2 aromatic rings. The summed E-state index contributed by atoms with van der Waals surface area (Å²) in [6.07, 6.45) is 1.95. The van der Waals surface area contributed by atoms with Crippen LogP contribution in [0.1, 0.15) is 86.5 Å². The highest BCUT2D eigenvalue weighted by molar-refractivity contribution is 7.91. The van der Waals surface area contributed by atoms with Gasteiger partial charge in [0.2, 0.25) is 27.7 Å². The summed E-state index contributed by atoms with van der Waals surface area (Å²) < 4.78 is 80.9. The van der Waals surface area contributed by atoms with Crippen LogP contribution in [0.15, 0.2) is 42.6 Å². The zero-order valence-electron chi connectivity index (χ0n) is 33.6. The van der Waals surface area contributed by atoms with E-state index in [2.05, 4.69) is 20.3 Å². The molecule has 1 aromatic carbocycles. The zero-order valence-corrected chi connectivity index (χ0v) is 34.4. The Kier molecular flexibility index (Phi) is 11.8. The third kappa shape index (κ3) is 8.86. The average molecular weight is 835 g/mol. The molecule has 1 saturated heterocycles. The van der Waals surface area contributed by atoms with Gasteiger partial charge in [0, 0.05) is 23.9 Å². The van der Waals surface area contributed by atoms with Crippen molar-refractivity contribution >= 4 is 44.5 Å². The lowest BCUT2D eigenvalue weighted by molar-refractivity contribution is -0.182. The molecule has 58 heavy (non-hydrogen) atoms. The topological polar surface area (TPSA) is 185 Å². The molecular formula is C40H53F3N6O8S. The van der Waals surface area contributed by atoms with E-state index in [0.717, 1.165) is 19.2 Å². The second-order valence-corrected chi connectivity index (χ2v) is 19.3. The Balaban J connectivity index is 1.35. The predicted octanol–water partition coefficient (Wildman–Crippen LogP) is 4.88. The number of hydrogen-bond donors (Lipinski definition) is 4. The van der Waals surface area contributed by atoms with Crippen LogP contribution in [-0.4, -0.2) is 95.4 Å². The van der Waals surface area contributed by atoms with Crippen LogP contribution < -0.4 is 30.1 Å². The van der Waals surface area contributed by atoms with Crippen LogP contribution in [0.4, 0.5) is 18.0 Å². The Morgan fingerprint density at radius 2 is 1.83 bits per heavy atom. The number of nitrogens with one attached hydrogen (secondary N) is 4. The highest BCUT2D eigenvalue weighted by Crippen LogP contribution is 2.47. The molecule has 2 saturated carbocycles. The van der Waals surface area contributed by atoms with Crippen molar-refractivity contribution in [3.05, 3.63) is 42.6 Å². The fourth-order valence-electron chi connectivity index (χ4n) is 7.77. The van der Waals surface area contributed by atoms with Crippen LogP contribution >= 0.6 is 0 Å². The van der Waals surface area contributed by atoms with E-state index in [0.29, 0.717) is 49.8 Å². The van der Waals surface area contributed by atoms with Crippen molar-refractivity contribution in [2.45, 2.75) is 127 Å². The molecule has 0 radical (unpaired) electrons. The van der Waals surface area contributed by atoms with E-state index in [9.17, 15) is 40.8 Å². The Labute approximate surface area is 336 Å². The molecule has 3 fully saturated rings. The maximum atomic E-state index is 14.8. The molecule has 6 rings (SSSR count). The van der Waals surface area contributed by atoms with Crippen molar-refractivity contribution in [1.82, 2.24) is 30.6 Å². The van der Waals surface area contributed by atoms with Crippen molar-refractivity contribution in [1.29, 1.82) is 0 Å². The van der Waals surface area contributed by atoms with Crippen molar-refractivity contribution in [3.63, 3.8) is 0 Å². The van der Waals surface area contributed by atoms with Gasteiger partial charge in [0.05, 0.1) is 17.9 Å². The summed E-state index contributed by atoms with van der Waals surface area (Å²) >= 11 is 0. The number of rotatable bonds is 9. The Hall–Kier alpha value is -4.61. The highest BCUT2D eigenvalue weighted by atomic mass is 32.2. The monoisotopic (exact) mass is 834 g/mol. The molecule has 0 spiro atoms. The number of fused-ring (bicyclic) bond motifs is 3. The molecule has 0 unspecified atom stereocenters. The van der Waals surface area contributed by atoms with Crippen molar-refractivity contribution in [2.75, 3.05) is 13.2 Å². The van der Waals surface area contributed by atoms with Crippen LogP contribution in [0.3, 0.4) is 0 Å². The summed E-state index contributed by atoms with van der Waals surface area (Å²) in [6.45, 7) is 8.96. The van der Waals surface area contributed by atoms with Gasteiger partial charge >= 0.3 is 12.2 Å². The van der Waals surface area contributed by atoms with Gasteiger partial charge in [-0.05, 0) is 108 Å². The van der Waals surface area contributed by atoms with E-state index in [4.69, 9.17) is 9.47 Å². The first-order valence-electron chi connectivity index (χ1n) is 19.8. The number of nitrogens with zero attached hydrogens (tertiary/aromatic N) is 2. The number of halogens is 3. The summed E-state index contributed by atoms with van der Waals surface area (Å²) in [5, 5.41) is 8.63.